The molecule has 0 spiro atoms. The fourth-order valence-corrected chi connectivity index (χ4v) is 3.53. The van der Waals surface area contributed by atoms with Crippen LogP contribution in [0.15, 0.2) is 41.4 Å². The Bertz CT molecular complexity index is 846. The van der Waals surface area contributed by atoms with Gasteiger partial charge in [-0.3, -0.25) is 4.99 Å². The second-order valence-electron chi connectivity index (χ2n) is 7.45. The van der Waals surface area contributed by atoms with Crippen LogP contribution in [0.4, 0.5) is 5.69 Å². The zero-order chi connectivity index (χ0) is 20.6. The van der Waals surface area contributed by atoms with Crippen LogP contribution in [0.2, 0.25) is 0 Å². The monoisotopic (exact) mass is 411 g/mol. The maximum atomic E-state index is 5.94. The second-order valence-corrected chi connectivity index (χ2v) is 7.45. The topological polar surface area (TPSA) is 65.4 Å². The number of aryl methyl sites for hydroxylation is 1. The molecule has 7 heteroatoms. The van der Waals surface area contributed by atoms with Crippen molar-refractivity contribution in [1.82, 2.24) is 4.98 Å². The molecule has 0 atom stereocenters. The minimum Gasteiger partial charge on any atom is -0.477 e. The van der Waals surface area contributed by atoms with Gasteiger partial charge < -0.3 is 23.8 Å². The maximum Gasteiger partial charge on any atom is 0.215 e. The molecule has 1 aromatic carbocycles. The van der Waals surface area contributed by atoms with Gasteiger partial charge in [0.1, 0.15) is 0 Å². The number of anilines is 1. The van der Waals surface area contributed by atoms with Gasteiger partial charge in [-0.2, -0.15) is 0 Å². The highest BCUT2D eigenvalue weighted by molar-refractivity contribution is 5.79. The van der Waals surface area contributed by atoms with Crippen LogP contribution < -0.4 is 9.64 Å². The summed E-state index contributed by atoms with van der Waals surface area (Å²) in [4.78, 5) is 11.6. The first-order valence-corrected chi connectivity index (χ1v) is 10.5. The zero-order valence-corrected chi connectivity index (χ0v) is 17.5. The fourth-order valence-electron chi connectivity index (χ4n) is 3.53. The van der Waals surface area contributed by atoms with E-state index in [1.54, 1.807) is 0 Å². The van der Waals surface area contributed by atoms with Gasteiger partial charge in [0.25, 0.3) is 0 Å². The summed E-state index contributed by atoms with van der Waals surface area (Å²) in [5, 5.41) is 0. The van der Waals surface area contributed by atoms with Gasteiger partial charge in [-0.05, 0) is 18.6 Å². The van der Waals surface area contributed by atoms with Crippen molar-refractivity contribution in [1.29, 1.82) is 0 Å². The Labute approximate surface area is 177 Å². The van der Waals surface area contributed by atoms with Crippen LogP contribution in [0.25, 0.3) is 0 Å². The molecule has 0 bridgehead atoms. The van der Waals surface area contributed by atoms with Crippen molar-refractivity contribution in [3.05, 3.63) is 53.2 Å². The normalized spacial score (nSPS) is 17.7. The zero-order valence-electron chi connectivity index (χ0n) is 17.5. The third-order valence-electron chi connectivity index (χ3n) is 5.05. The van der Waals surface area contributed by atoms with E-state index in [4.69, 9.17) is 18.9 Å². The highest BCUT2D eigenvalue weighted by atomic mass is 16.7. The quantitative estimate of drug-likeness (QED) is 0.622. The van der Waals surface area contributed by atoms with Crippen LogP contribution in [0, 0.1) is 6.92 Å². The van der Waals surface area contributed by atoms with E-state index in [-0.39, 0.29) is 6.29 Å². The van der Waals surface area contributed by atoms with E-state index in [1.165, 1.54) is 5.56 Å². The third-order valence-corrected chi connectivity index (χ3v) is 5.05. The average molecular weight is 412 g/mol. The van der Waals surface area contributed by atoms with Crippen LogP contribution in [-0.4, -0.2) is 63.6 Å². The summed E-state index contributed by atoms with van der Waals surface area (Å²) < 4.78 is 22.4. The molecule has 0 aliphatic carbocycles. The van der Waals surface area contributed by atoms with Crippen molar-refractivity contribution in [2.24, 2.45) is 4.99 Å². The predicted molar refractivity (Wildman–Crippen MR) is 116 cm³/mol. The molecule has 1 aromatic heterocycles. The number of aliphatic imine (C=N–C) groups is 1. The molecular weight excluding hydrogens is 382 g/mol. The van der Waals surface area contributed by atoms with E-state index in [0.29, 0.717) is 38.7 Å². The summed E-state index contributed by atoms with van der Waals surface area (Å²) >= 11 is 0. The minimum absolute atomic E-state index is 0.175. The summed E-state index contributed by atoms with van der Waals surface area (Å²) in [5.74, 6) is 0.609. The first-order chi connectivity index (χ1) is 14.8. The molecule has 0 N–H and O–H groups in total. The van der Waals surface area contributed by atoms with Gasteiger partial charge in [0, 0.05) is 37.5 Å². The Morgan fingerprint density at radius 2 is 1.97 bits per heavy atom. The molecule has 160 valence electrons. The van der Waals surface area contributed by atoms with E-state index >= 15 is 0 Å². The number of hydrogen-bond donors (Lipinski definition) is 0. The van der Waals surface area contributed by atoms with Gasteiger partial charge in [0.2, 0.25) is 5.88 Å². The predicted octanol–water partition coefficient (Wildman–Crippen LogP) is 2.99. The molecule has 2 saturated heterocycles. The number of morpholine rings is 1. The first kappa shape index (κ1) is 20.8. The standard InChI is InChI=1S/C23H29N3O4/c1-18-3-2-4-19(13-18)16-24-17-20-14-21(26-6-9-27-10-7-26)15-22(25-20)28-8-5-23-29-11-12-30-23/h2-4,13-16,23H,5-12,17H2,1H3. The van der Waals surface area contributed by atoms with Crippen molar-refractivity contribution >= 4 is 11.9 Å². The van der Waals surface area contributed by atoms with Gasteiger partial charge >= 0.3 is 0 Å². The summed E-state index contributed by atoms with van der Waals surface area (Å²) in [7, 11) is 0. The fraction of sp³-hybridized carbons (Fsp3) is 0.478. The van der Waals surface area contributed by atoms with E-state index in [2.05, 4.69) is 46.1 Å². The largest absolute Gasteiger partial charge is 0.477 e. The summed E-state index contributed by atoms with van der Waals surface area (Å²) in [6, 6.07) is 12.4. The highest BCUT2D eigenvalue weighted by Crippen LogP contribution is 2.23. The van der Waals surface area contributed by atoms with Gasteiger partial charge in [-0.25, -0.2) is 4.98 Å². The highest BCUT2D eigenvalue weighted by Gasteiger charge is 2.17. The van der Waals surface area contributed by atoms with Gasteiger partial charge in [-0.15, -0.1) is 0 Å². The lowest BCUT2D eigenvalue weighted by Crippen LogP contribution is -2.36. The molecule has 2 fully saturated rings. The second kappa shape index (κ2) is 10.5. The molecule has 3 heterocycles. The van der Waals surface area contributed by atoms with Crippen molar-refractivity contribution in [2.75, 3.05) is 51.0 Å². The number of aromatic nitrogens is 1. The van der Waals surface area contributed by atoms with Crippen molar-refractivity contribution < 1.29 is 18.9 Å². The number of nitrogens with zero attached hydrogens (tertiary/aromatic N) is 3. The Balaban J connectivity index is 1.44. The van der Waals surface area contributed by atoms with E-state index in [0.717, 1.165) is 43.2 Å². The Morgan fingerprint density at radius 1 is 1.13 bits per heavy atom. The molecule has 30 heavy (non-hydrogen) atoms. The molecule has 7 nitrogen and oxygen atoms in total. The molecule has 0 amide bonds. The molecule has 4 rings (SSSR count). The Hall–Kier alpha value is -2.48. The van der Waals surface area contributed by atoms with Gasteiger partial charge in [0.15, 0.2) is 6.29 Å². The van der Waals surface area contributed by atoms with Gasteiger partial charge in [0.05, 0.1) is 45.3 Å². The molecule has 0 unspecified atom stereocenters. The average Bonchev–Trinajstić information content (AvgIpc) is 3.28. The third kappa shape index (κ3) is 6.01. The van der Waals surface area contributed by atoms with E-state index < -0.39 is 0 Å². The van der Waals surface area contributed by atoms with Crippen molar-refractivity contribution in [3.8, 4) is 5.88 Å². The minimum atomic E-state index is -0.175. The Morgan fingerprint density at radius 3 is 2.77 bits per heavy atom. The lowest BCUT2D eigenvalue weighted by Gasteiger charge is -2.29. The van der Waals surface area contributed by atoms with Gasteiger partial charge in [-0.1, -0.05) is 29.8 Å². The van der Waals surface area contributed by atoms with E-state index in [1.807, 2.05) is 18.3 Å². The molecule has 0 radical (unpaired) electrons. The molecule has 0 saturated carbocycles. The number of hydrogen-bond acceptors (Lipinski definition) is 7. The smallest absolute Gasteiger partial charge is 0.215 e. The van der Waals surface area contributed by atoms with Crippen molar-refractivity contribution in [3.63, 3.8) is 0 Å². The number of pyridine rings is 1. The molecular formula is C23H29N3O4. The number of rotatable bonds is 8. The molecule has 2 aliphatic heterocycles. The van der Waals surface area contributed by atoms with Crippen LogP contribution >= 0.6 is 0 Å². The number of benzene rings is 1. The summed E-state index contributed by atoms with van der Waals surface area (Å²) in [6.45, 7) is 7.56. The SMILES string of the molecule is Cc1cccc(C=NCc2cc(N3CCOCC3)cc(OCCC3OCCO3)n2)c1. The van der Waals surface area contributed by atoms with E-state index in [9.17, 15) is 0 Å². The van der Waals surface area contributed by atoms with Crippen LogP contribution in [0.5, 0.6) is 5.88 Å². The molecule has 2 aliphatic rings. The lowest BCUT2D eigenvalue weighted by molar-refractivity contribution is -0.0533. The summed E-state index contributed by atoms with van der Waals surface area (Å²) in [6.07, 6.45) is 2.40. The van der Waals surface area contributed by atoms with Crippen LogP contribution in [-0.2, 0) is 20.8 Å². The lowest BCUT2D eigenvalue weighted by atomic mass is 10.1. The van der Waals surface area contributed by atoms with Crippen LogP contribution in [0.3, 0.4) is 0 Å². The maximum absolute atomic E-state index is 5.94. The van der Waals surface area contributed by atoms with Crippen LogP contribution in [0.1, 0.15) is 23.2 Å². The first-order valence-electron chi connectivity index (χ1n) is 10.5. The number of ether oxygens (including phenoxy) is 4. The summed E-state index contributed by atoms with van der Waals surface area (Å²) in [5.41, 5.74) is 4.29. The molecule has 2 aromatic rings. The van der Waals surface area contributed by atoms with Crippen molar-refractivity contribution in [2.45, 2.75) is 26.2 Å². The Kier molecular flexibility index (Phi) is 7.29.